The summed E-state index contributed by atoms with van der Waals surface area (Å²) in [6.07, 6.45) is 1.55. The summed E-state index contributed by atoms with van der Waals surface area (Å²) in [5.74, 6) is 0.0442. The molecule has 3 rings (SSSR count). The topological polar surface area (TPSA) is 57.1 Å². The van der Waals surface area contributed by atoms with Crippen LogP contribution < -0.4 is 9.47 Å². The van der Waals surface area contributed by atoms with Gasteiger partial charge >= 0.3 is 12.6 Å². The average molecular weight is 424 g/mol. The lowest BCUT2D eigenvalue weighted by Gasteiger charge is -2.05. The Kier molecular flexibility index (Phi) is 5.32. The van der Waals surface area contributed by atoms with E-state index in [1.54, 1.807) is 18.2 Å². The van der Waals surface area contributed by atoms with Crippen molar-refractivity contribution in [2.24, 2.45) is 4.99 Å². The molecule has 0 fully saturated rings. The van der Waals surface area contributed by atoms with Crippen LogP contribution in [0.5, 0.6) is 11.5 Å². The van der Waals surface area contributed by atoms with Crippen LogP contribution in [0.15, 0.2) is 57.6 Å². The van der Waals surface area contributed by atoms with Crippen molar-refractivity contribution in [3.05, 3.63) is 63.8 Å². The van der Waals surface area contributed by atoms with Crippen LogP contribution >= 0.6 is 15.9 Å². The lowest BCUT2D eigenvalue weighted by atomic mass is 10.1. The van der Waals surface area contributed by atoms with Gasteiger partial charge in [0, 0.05) is 15.6 Å². The molecule has 0 radical (unpaired) electrons. The second kappa shape index (κ2) is 7.65. The largest absolute Gasteiger partial charge is 0.496 e. The van der Waals surface area contributed by atoms with Gasteiger partial charge < -0.3 is 14.2 Å². The predicted molar refractivity (Wildman–Crippen MR) is 94.4 cm³/mol. The summed E-state index contributed by atoms with van der Waals surface area (Å²) < 4.78 is 39.9. The molecule has 0 N–H and O–H groups in total. The summed E-state index contributed by atoms with van der Waals surface area (Å²) in [4.78, 5) is 16.3. The minimum atomic E-state index is -2.91. The van der Waals surface area contributed by atoms with E-state index in [1.165, 1.54) is 31.4 Å². The Labute approximate surface area is 156 Å². The van der Waals surface area contributed by atoms with Gasteiger partial charge in [0.15, 0.2) is 5.70 Å². The van der Waals surface area contributed by atoms with E-state index in [0.29, 0.717) is 16.9 Å². The van der Waals surface area contributed by atoms with E-state index in [4.69, 9.17) is 9.47 Å². The smallest absolute Gasteiger partial charge is 0.387 e. The molecule has 8 heteroatoms. The van der Waals surface area contributed by atoms with Crippen molar-refractivity contribution in [3.8, 4) is 11.5 Å². The first kappa shape index (κ1) is 18.1. The molecule has 0 bridgehead atoms. The molecule has 1 heterocycles. The highest BCUT2D eigenvalue weighted by Gasteiger charge is 2.24. The predicted octanol–water partition coefficient (Wildman–Crippen LogP) is 4.40. The Bertz CT molecular complexity index is 895. The first-order valence-corrected chi connectivity index (χ1v) is 8.17. The minimum absolute atomic E-state index is 0.00307. The Morgan fingerprint density at radius 3 is 2.58 bits per heavy atom. The Morgan fingerprint density at radius 2 is 1.92 bits per heavy atom. The monoisotopic (exact) mass is 423 g/mol. The van der Waals surface area contributed by atoms with E-state index >= 15 is 0 Å². The highest BCUT2D eigenvalue weighted by atomic mass is 79.9. The molecule has 0 aliphatic carbocycles. The Balaban J connectivity index is 1.88. The van der Waals surface area contributed by atoms with Gasteiger partial charge in [-0.3, -0.25) is 0 Å². The normalized spacial score (nSPS) is 15.2. The SMILES string of the molecule is COc1ccc(Br)cc1/C=C1\N=C(c2ccc(OC(F)F)cc2)OC1=O. The van der Waals surface area contributed by atoms with Crippen LogP contribution in [0.1, 0.15) is 11.1 Å². The molecule has 0 aromatic heterocycles. The van der Waals surface area contributed by atoms with Gasteiger partial charge in [0.1, 0.15) is 11.5 Å². The molecule has 1 aliphatic rings. The number of hydrogen-bond acceptors (Lipinski definition) is 5. The number of esters is 1. The molecular weight excluding hydrogens is 412 g/mol. The van der Waals surface area contributed by atoms with Gasteiger partial charge in [-0.1, -0.05) is 15.9 Å². The summed E-state index contributed by atoms with van der Waals surface area (Å²) in [6, 6.07) is 11.0. The fraction of sp³-hybridized carbons (Fsp3) is 0.111. The molecule has 2 aromatic rings. The Hall–Kier alpha value is -2.74. The third kappa shape index (κ3) is 4.08. The molecule has 1 aliphatic heterocycles. The van der Waals surface area contributed by atoms with Gasteiger partial charge in [0.2, 0.25) is 5.90 Å². The fourth-order valence-electron chi connectivity index (χ4n) is 2.28. The van der Waals surface area contributed by atoms with E-state index in [1.807, 2.05) is 6.07 Å². The number of halogens is 3. The molecule has 2 aromatic carbocycles. The first-order valence-electron chi connectivity index (χ1n) is 7.37. The van der Waals surface area contributed by atoms with Crippen molar-refractivity contribution in [2.75, 3.05) is 7.11 Å². The molecule has 0 saturated carbocycles. The molecule has 0 spiro atoms. The van der Waals surface area contributed by atoms with Crippen LogP contribution in [-0.4, -0.2) is 25.6 Å². The van der Waals surface area contributed by atoms with Crippen molar-refractivity contribution in [3.63, 3.8) is 0 Å². The lowest BCUT2D eigenvalue weighted by molar-refractivity contribution is -0.129. The lowest BCUT2D eigenvalue weighted by Crippen LogP contribution is -2.06. The third-order valence-electron chi connectivity index (χ3n) is 3.43. The first-order chi connectivity index (χ1) is 12.5. The standard InChI is InChI=1S/C18H12BrF2NO4/c1-24-15-7-4-12(19)8-11(15)9-14-17(23)26-16(22-14)10-2-5-13(6-3-10)25-18(20)21/h2-9,18H,1H3/b14-9-. The zero-order chi connectivity index (χ0) is 18.7. The van der Waals surface area contributed by atoms with Crippen LogP contribution in [0.4, 0.5) is 8.78 Å². The number of carbonyl (C=O) groups excluding carboxylic acids is 1. The zero-order valence-electron chi connectivity index (χ0n) is 13.4. The zero-order valence-corrected chi connectivity index (χ0v) is 15.0. The minimum Gasteiger partial charge on any atom is -0.496 e. The number of hydrogen-bond donors (Lipinski definition) is 0. The van der Waals surface area contributed by atoms with Crippen LogP contribution in [0.3, 0.4) is 0 Å². The molecule has 26 heavy (non-hydrogen) atoms. The molecule has 0 unspecified atom stereocenters. The van der Waals surface area contributed by atoms with Gasteiger partial charge in [-0.15, -0.1) is 0 Å². The molecule has 0 atom stereocenters. The maximum atomic E-state index is 12.2. The number of benzene rings is 2. The highest BCUT2D eigenvalue weighted by molar-refractivity contribution is 9.10. The summed E-state index contributed by atoms with van der Waals surface area (Å²) in [5, 5.41) is 0. The number of aliphatic imine (C=N–C) groups is 1. The second-order valence-electron chi connectivity index (χ2n) is 5.13. The van der Waals surface area contributed by atoms with Gasteiger partial charge in [-0.2, -0.15) is 8.78 Å². The molecule has 134 valence electrons. The van der Waals surface area contributed by atoms with Crippen LogP contribution in [0.2, 0.25) is 0 Å². The summed E-state index contributed by atoms with van der Waals surface area (Å²) in [5.41, 5.74) is 1.22. The highest BCUT2D eigenvalue weighted by Crippen LogP contribution is 2.27. The molecule has 0 saturated heterocycles. The van der Waals surface area contributed by atoms with Crippen molar-refractivity contribution in [1.29, 1.82) is 0 Å². The van der Waals surface area contributed by atoms with Crippen molar-refractivity contribution in [2.45, 2.75) is 6.61 Å². The third-order valence-corrected chi connectivity index (χ3v) is 3.92. The van der Waals surface area contributed by atoms with Crippen molar-refractivity contribution in [1.82, 2.24) is 0 Å². The summed E-state index contributed by atoms with van der Waals surface area (Å²) in [6.45, 7) is -2.91. The van der Waals surface area contributed by atoms with Crippen LogP contribution in [0.25, 0.3) is 6.08 Å². The molecular formula is C18H12BrF2NO4. The number of methoxy groups -OCH3 is 1. The summed E-state index contributed by atoms with van der Waals surface area (Å²) in [7, 11) is 1.52. The van der Waals surface area contributed by atoms with Crippen LogP contribution in [-0.2, 0) is 9.53 Å². The van der Waals surface area contributed by atoms with E-state index in [9.17, 15) is 13.6 Å². The van der Waals surface area contributed by atoms with Crippen LogP contribution in [0, 0.1) is 0 Å². The van der Waals surface area contributed by atoms with Gasteiger partial charge in [-0.25, -0.2) is 9.79 Å². The van der Waals surface area contributed by atoms with E-state index in [2.05, 4.69) is 25.7 Å². The molecule has 0 amide bonds. The maximum Gasteiger partial charge on any atom is 0.387 e. The van der Waals surface area contributed by atoms with Crippen molar-refractivity contribution < 1.29 is 27.8 Å². The van der Waals surface area contributed by atoms with Crippen molar-refractivity contribution >= 4 is 33.9 Å². The number of nitrogens with zero attached hydrogens (tertiary/aromatic N) is 1. The Morgan fingerprint density at radius 1 is 1.19 bits per heavy atom. The number of alkyl halides is 2. The van der Waals surface area contributed by atoms with Gasteiger partial charge in [0.05, 0.1) is 7.11 Å². The molecule has 5 nitrogen and oxygen atoms in total. The number of carbonyl (C=O) groups is 1. The fourth-order valence-corrected chi connectivity index (χ4v) is 2.66. The second-order valence-corrected chi connectivity index (χ2v) is 6.04. The average Bonchev–Trinajstić information content (AvgIpc) is 2.96. The van der Waals surface area contributed by atoms with E-state index in [0.717, 1.165) is 4.47 Å². The maximum absolute atomic E-state index is 12.2. The number of ether oxygens (including phenoxy) is 3. The van der Waals surface area contributed by atoms with Gasteiger partial charge in [-0.05, 0) is 48.5 Å². The quantitative estimate of drug-likeness (QED) is 0.528. The summed E-state index contributed by atoms with van der Waals surface area (Å²) >= 11 is 3.36. The van der Waals surface area contributed by atoms with E-state index < -0.39 is 12.6 Å². The van der Waals surface area contributed by atoms with E-state index in [-0.39, 0.29) is 17.3 Å². The van der Waals surface area contributed by atoms with Gasteiger partial charge in [0.25, 0.3) is 0 Å². The number of rotatable bonds is 5. The number of cyclic esters (lactones) is 1.